The van der Waals surface area contributed by atoms with Crippen LogP contribution in [0.25, 0.3) is 11.6 Å². The van der Waals surface area contributed by atoms with Crippen LogP contribution in [0.3, 0.4) is 0 Å². The van der Waals surface area contributed by atoms with Gasteiger partial charge >= 0.3 is 0 Å². The second-order valence-corrected chi connectivity index (χ2v) is 6.84. The first-order valence-corrected chi connectivity index (χ1v) is 10.1. The van der Waals surface area contributed by atoms with Gasteiger partial charge in [-0.05, 0) is 26.7 Å². The standard InChI is InChI=1S/C9H20N2S.C6H4ClN3O.C2H6/c1-8(2)10-12-11-9-6-4-3-5-7-9;7-4-3-9-10-5(4)6-8-1-2-11-6;1-2/h8-11H,3-7H2,1-2H3;1-3H,(H,9,10);1-2H3. The second-order valence-electron chi connectivity index (χ2n) is 5.76. The minimum atomic E-state index is 0.451. The van der Waals surface area contributed by atoms with Crippen LogP contribution in [0.2, 0.25) is 5.02 Å². The Morgan fingerprint density at radius 3 is 2.52 bits per heavy atom. The summed E-state index contributed by atoms with van der Waals surface area (Å²) in [5, 5.41) is 6.90. The largest absolute Gasteiger partial charge is 0.443 e. The lowest BCUT2D eigenvalue weighted by Crippen LogP contribution is -2.30. The number of hydrogen-bond donors (Lipinski definition) is 3. The molecule has 0 saturated heterocycles. The molecule has 0 atom stereocenters. The molecule has 0 aliphatic heterocycles. The molecule has 0 amide bonds. The highest BCUT2D eigenvalue weighted by Crippen LogP contribution is 2.22. The number of halogens is 1. The van der Waals surface area contributed by atoms with Gasteiger partial charge in [0.25, 0.3) is 0 Å². The van der Waals surface area contributed by atoms with E-state index in [-0.39, 0.29) is 0 Å². The number of aromatic amines is 1. The smallest absolute Gasteiger partial charge is 0.245 e. The molecule has 0 unspecified atom stereocenters. The number of oxazole rings is 1. The predicted molar refractivity (Wildman–Crippen MR) is 106 cm³/mol. The van der Waals surface area contributed by atoms with Gasteiger partial charge in [-0.25, -0.2) is 14.4 Å². The van der Waals surface area contributed by atoms with Crippen LogP contribution in [0.5, 0.6) is 0 Å². The third-order valence-electron chi connectivity index (χ3n) is 3.36. The molecule has 0 spiro atoms. The predicted octanol–water partition coefficient (Wildman–Crippen LogP) is 5.21. The Balaban J connectivity index is 0.000000228. The molecule has 2 aromatic heterocycles. The maximum absolute atomic E-state index is 5.74. The van der Waals surface area contributed by atoms with Gasteiger partial charge in [0.1, 0.15) is 12.0 Å². The van der Waals surface area contributed by atoms with E-state index >= 15 is 0 Å². The second kappa shape index (κ2) is 13.2. The van der Waals surface area contributed by atoms with E-state index in [1.807, 2.05) is 13.8 Å². The first-order chi connectivity index (χ1) is 12.2. The number of hydrogen-bond acceptors (Lipinski definition) is 6. The first-order valence-electron chi connectivity index (χ1n) is 8.92. The molecule has 0 radical (unpaired) electrons. The molecule has 2 aromatic rings. The number of aromatic nitrogens is 3. The van der Waals surface area contributed by atoms with E-state index in [1.165, 1.54) is 44.6 Å². The zero-order valence-electron chi connectivity index (χ0n) is 15.5. The average molecular weight is 388 g/mol. The van der Waals surface area contributed by atoms with Crippen LogP contribution in [0, 0.1) is 0 Å². The molecule has 8 heteroatoms. The van der Waals surface area contributed by atoms with Crippen molar-refractivity contribution in [3.63, 3.8) is 0 Å². The summed E-state index contributed by atoms with van der Waals surface area (Å²) < 4.78 is 11.7. The number of nitrogens with one attached hydrogen (secondary N) is 3. The molecule has 25 heavy (non-hydrogen) atoms. The van der Waals surface area contributed by atoms with Gasteiger partial charge < -0.3 is 4.42 Å². The summed E-state index contributed by atoms with van der Waals surface area (Å²) in [7, 11) is 0. The molecule has 6 nitrogen and oxygen atoms in total. The SMILES string of the molecule is CC.CC(C)NSNC1CCCCC1.Clc1cn[nH]c1-c1ncco1. The zero-order valence-corrected chi connectivity index (χ0v) is 17.1. The van der Waals surface area contributed by atoms with Crippen LogP contribution in [0.4, 0.5) is 0 Å². The minimum absolute atomic E-state index is 0.451. The zero-order chi connectivity index (χ0) is 18.5. The lowest BCUT2D eigenvalue weighted by molar-refractivity contribution is 0.422. The summed E-state index contributed by atoms with van der Waals surface area (Å²) in [6, 6.07) is 1.31. The summed E-state index contributed by atoms with van der Waals surface area (Å²) in [4.78, 5) is 3.90. The monoisotopic (exact) mass is 387 g/mol. The summed E-state index contributed by atoms with van der Waals surface area (Å²) in [6.45, 7) is 8.32. The molecule has 1 saturated carbocycles. The molecule has 2 heterocycles. The molecule has 1 aliphatic carbocycles. The molecular formula is C17H30ClN5OS. The summed E-state index contributed by atoms with van der Waals surface area (Å²) in [6.07, 6.45) is 11.5. The van der Waals surface area contributed by atoms with Gasteiger partial charge in [-0.3, -0.25) is 5.10 Å². The Labute approximate surface area is 160 Å². The van der Waals surface area contributed by atoms with Gasteiger partial charge in [-0.1, -0.05) is 44.7 Å². The van der Waals surface area contributed by atoms with Crippen molar-refractivity contribution in [1.29, 1.82) is 0 Å². The highest BCUT2D eigenvalue weighted by molar-refractivity contribution is 7.95. The fourth-order valence-corrected chi connectivity index (χ4v) is 3.10. The van der Waals surface area contributed by atoms with Crippen LogP contribution in [0.1, 0.15) is 59.8 Å². The van der Waals surface area contributed by atoms with Crippen molar-refractivity contribution in [3.8, 4) is 11.6 Å². The van der Waals surface area contributed by atoms with Gasteiger partial charge in [0.2, 0.25) is 5.89 Å². The minimum Gasteiger partial charge on any atom is -0.443 e. The van der Waals surface area contributed by atoms with Gasteiger partial charge in [-0.15, -0.1) is 0 Å². The Kier molecular flexibility index (Phi) is 11.6. The molecular weight excluding hydrogens is 358 g/mol. The highest BCUT2D eigenvalue weighted by Gasteiger charge is 2.12. The molecule has 1 fully saturated rings. The molecule has 142 valence electrons. The Morgan fingerprint density at radius 1 is 1.28 bits per heavy atom. The van der Waals surface area contributed by atoms with Crippen molar-refractivity contribution < 1.29 is 4.42 Å². The number of H-pyrrole nitrogens is 1. The normalized spacial score (nSPS) is 14.5. The molecule has 1 aliphatic rings. The van der Waals surface area contributed by atoms with E-state index in [2.05, 4.69) is 38.5 Å². The van der Waals surface area contributed by atoms with Crippen LogP contribution in [-0.2, 0) is 0 Å². The summed E-state index contributed by atoms with van der Waals surface area (Å²) in [5.41, 5.74) is 0.608. The molecule has 0 aromatic carbocycles. The van der Waals surface area contributed by atoms with Crippen molar-refractivity contribution in [3.05, 3.63) is 23.7 Å². The van der Waals surface area contributed by atoms with Crippen LogP contribution in [-0.4, -0.2) is 27.3 Å². The lowest BCUT2D eigenvalue weighted by atomic mass is 9.96. The summed E-state index contributed by atoms with van der Waals surface area (Å²) in [5.74, 6) is 0.451. The Hall–Kier alpha value is -1.02. The quantitative estimate of drug-likeness (QED) is 0.611. The van der Waals surface area contributed by atoms with Crippen LogP contribution < -0.4 is 9.44 Å². The van der Waals surface area contributed by atoms with Crippen molar-refractivity contribution >= 4 is 23.7 Å². The fourth-order valence-electron chi connectivity index (χ4n) is 2.22. The van der Waals surface area contributed by atoms with Crippen molar-refractivity contribution in [2.45, 2.75) is 71.9 Å². The van der Waals surface area contributed by atoms with Crippen LogP contribution >= 0.6 is 23.7 Å². The Morgan fingerprint density at radius 2 is 2.00 bits per heavy atom. The molecule has 3 rings (SSSR count). The van der Waals surface area contributed by atoms with E-state index in [9.17, 15) is 0 Å². The maximum Gasteiger partial charge on any atom is 0.245 e. The lowest BCUT2D eigenvalue weighted by Gasteiger charge is -2.22. The average Bonchev–Trinajstić information content (AvgIpc) is 3.29. The van der Waals surface area contributed by atoms with Gasteiger partial charge in [0, 0.05) is 24.2 Å². The maximum atomic E-state index is 5.74. The van der Waals surface area contributed by atoms with Crippen molar-refractivity contribution in [2.24, 2.45) is 0 Å². The van der Waals surface area contributed by atoms with E-state index in [4.69, 9.17) is 16.0 Å². The number of nitrogens with zero attached hydrogens (tertiary/aromatic N) is 2. The first kappa shape index (κ1) is 22.0. The van der Waals surface area contributed by atoms with Crippen molar-refractivity contribution in [1.82, 2.24) is 24.6 Å². The fraction of sp³-hybridized carbons (Fsp3) is 0.647. The topological polar surface area (TPSA) is 78.8 Å². The van der Waals surface area contributed by atoms with E-state index < -0.39 is 0 Å². The third-order valence-corrected chi connectivity index (χ3v) is 4.69. The summed E-state index contributed by atoms with van der Waals surface area (Å²) >= 11 is 7.41. The van der Waals surface area contributed by atoms with Crippen molar-refractivity contribution in [2.75, 3.05) is 0 Å². The third kappa shape index (κ3) is 8.76. The molecule has 3 N–H and O–H groups in total. The van der Waals surface area contributed by atoms with E-state index in [0.29, 0.717) is 22.6 Å². The van der Waals surface area contributed by atoms with Gasteiger partial charge in [0.05, 0.1) is 17.4 Å². The number of rotatable bonds is 5. The van der Waals surface area contributed by atoms with E-state index in [1.54, 1.807) is 18.3 Å². The van der Waals surface area contributed by atoms with E-state index in [0.717, 1.165) is 6.04 Å². The highest BCUT2D eigenvalue weighted by atomic mass is 35.5. The molecule has 0 bridgehead atoms. The van der Waals surface area contributed by atoms with Gasteiger partial charge in [-0.2, -0.15) is 5.10 Å². The van der Waals surface area contributed by atoms with Gasteiger partial charge in [0.15, 0.2) is 0 Å². The Bertz CT molecular complexity index is 541. The van der Waals surface area contributed by atoms with Crippen LogP contribution in [0.15, 0.2) is 23.1 Å².